The highest BCUT2D eigenvalue weighted by atomic mass is 35.5. The summed E-state index contributed by atoms with van der Waals surface area (Å²) in [5, 5.41) is 1.92. The quantitative estimate of drug-likeness (QED) is 0.564. The van der Waals surface area contributed by atoms with Gasteiger partial charge in [0.25, 0.3) is 5.56 Å². The Kier molecular flexibility index (Phi) is 4.44. The number of H-pyrrole nitrogens is 1. The Morgan fingerprint density at radius 3 is 2.73 bits per heavy atom. The Morgan fingerprint density at radius 1 is 1.12 bits per heavy atom. The number of benzene rings is 2. The van der Waals surface area contributed by atoms with Gasteiger partial charge in [-0.2, -0.15) is 0 Å². The molecule has 0 aliphatic carbocycles. The number of quaternary nitrogens is 1. The Hall–Kier alpha value is -2.34. The lowest BCUT2D eigenvalue weighted by Gasteiger charge is -2.13. The van der Waals surface area contributed by atoms with Crippen molar-refractivity contribution in [1.29, 1.82) is 0 Å². The van der Waals surface area contributed by atoms with E-state index in [2.05, 4.69) is 9.97 Å². The predicted octanol–water partition coefficient (Wildman–Crippen LogP) is 3.19. The summed E-state index contributed by atoms with van der Waals surface area (Å²) in [6, 6.07) is 13.1. The number of hydrogen-bond acceptors (Lipinski definition) is 3. The molecule has 0 radical (unpaired) electrons. The van der Waals surface area contributed by atoms with Crippen LogP contribution in [0.2, 0.25) is 10.0 Å². The van der Waals surface area contributed by atoms with Gasteiger partial charge in [-0.15, -0.1) is 0 Å². The van der Waals surface area contributed by atoms with Crippen LogP contribution in [0.4, 0.5) is 0 Å². The molecule has 0 aliphatic heterocycles. The molecule has 5 nitrogen and oxygen atoms in total. The van der Waals surface area contributed by atoms with Gasteiger partial charge in [0.2, 0.25) is 5.58 Å². The fraction of sp³-hybridized carbons (Fsp3) is 0.158. The molecule has 0 aliphatic rings. The van der Waals surface area contributed by atoms with E-state index in [1.807, 2.05) is 43.4 Å². The summed E-state index contributed by atoms with van der Waals surface area (Å²) in [5.41, 5.74) is 2.32. The van der Waals surface area contributed by atoms with Crippen molar-refractivity contribution in [1.82, 2.24) is 9.97 Å². The number of fused-ring (bicyclic) bond motifs is 3. The zero-order valence-electron chi connectivity index (χ0n) is 14.0. The Morgan fingerprint density at radius 2 is 1.92 bits per heavy atom. The van der Waals surface area contributed by atoms with Crippen molar-refractivity contribution in [2.75, 3.05) is 7.05 Å². The number of nitrogens with zero attached hydrogens (tertiary/aromatic N) is 1. The molecule has 4 rings (SSSR count). The van der Waals surface area contributed by atoms with Gasteiger partial charge in [-0.3, -0.25) is 4.79 Å². The van der Waals surface area contributed by atoms with Crippen LogP contribution in [0.1, 0.15) is 11.4 Å². The Balaban J connectivity index is 1.63. The minimum Gasteiger partial charge on any atom is -0.449 e. The van der Waals surface area contributed by atoms with Crippen molar-refractivity contribution in [3.8, 4) is 0 Å². The molecule has 2 N–H and O–H groups in total. The number of aromatic nitrogens is 2. The minimum absolute atomic E-state index is 0.261. The van der Waals surface area contributed by atoms with E-state index in [9.17, 15) is 4.79 Å². The topological polar surface area (TPSA) is 63.3 Å². The molecule has 26 heavy (non-hydrogen) atoms. The fourth-order valence-electron chi connectivity index (χ4n) is 3.08. The van der Waals surface area contributed by atoms with Crippen molar-refractivity contribution in [2.45, 2.75) is 13.1 Å². The fourth-order valence-corrected chi connectivity index (χ4v) is 3.40. The molecule has 0 spiro atoms. The molecule has 1 unspecified atom stereocenters. The third-order valence-electron chi connectivity index (χ3n) is 4.24. The van der Waals surface area contributed by atoms with E-state index in [1.165, 1.54) is 0 Å². The van der Waals surface area contributed by atoms with Gasteiger partial charge in [0.05, 0.1) is 17.1 Å². The van der Waals surface area contributed by atoms with Crippen molar-refractivity contribution in [3.63, 3.8) is 0 Å². The summed E-state index contributed by atoms with van der Waals surface area (Å²) in [4.78, 5) is 21.0. The van der Waals surface area contributed by atoms with Crippen LogP contribution < -0.4 is 10.5 Å². The average molecular weight is 389 g/mol. The summed E-state index contributed by atoms with van der Waals surface area (Å²) >= 11 is 12.0. The first-order valence-electron chi connectivity index (χ1n) is 8.17. The van der Waals surface area contributed by atoms with Gasteiger partial charge in [-0.1, -0.05) is 41.4 Å². The number of nitrogens with one attached hydrogen (secondary N) is 2. The van der Waals surface area contributed by atoms with Crippen LogP contribution in [0.25, 0.3) is 22.1 Å². The summed E-state index contributed by atoms with van der Waals surface area (Å²) < 4.78 is 5.62. The number of para-hydroxylation sites is 1. The van der Waals surface area contributed by atoms with Crippen LogP contribution in [0.15, 0.2) is 51.7 Å². The van der Waals surface area contributed by atoms with Crippen molar-refractivity contribution in [3.05, 3.63) is 74.3 Å². The third-order valence-corrected chi connectivity index (χ3v) is 4.98. The maximum atomic E-state index is 12.4. The molecule has 0 saturated carbocycles. The van der Waals surface area contributed by atoms with Crippen LogP contribution in [0.5, 0.6) is 0 Å². The van der Waals surface area contributed by atoms with Gasteiger partial charge >= 0.3 is 0 Å². The van der Waals surface area contributed by atoms with E-state index in [0.717, 1.165) is 22.4 Å². The lowest BCUT2D eigenvalue weighted by Crippen LogP contribution is -3.06. The molecule has 0 amide bonds. The lowest BCUT2D eigenvalue weighted by molar-refractivity contribution is -0.908. The Labute approximate surface area is 159 Å². The maximum absolute atomic E-state index is 12.4. The SMILES string of the molecule is C[NH+](Cc1ccc(Cl)c(Cl)c1)Cc1nc2c(oc3ccccc32)c(=O)[nH]1. The number of aromatic amines is 1. The van der Waals surface area contributed by atoms with Crippen LogP contribution in [-0.4, -0.2) is 17.0 Å². The van der Waals surface area contributed by atoms with Crippen molar-refractivity contribution in [2.24, 2.45) is 0 Å². The smallest absolute Gasteiger partial charge is 0.294 e. The molecular formula is C19H16Cl2N3O2+. The highest BCUT2D eigenvalue weighted by molar-refractivity contribution is 6.42. The molecule has 2 aromatic carbocycles. The van der Waals surface area contributed by atoms with Crippen LogP contribution >= 0.6 is 23.2 Å². The van der Waals surface area contributed by atoms with Crippen molar-refractivity contribution >= 4 is 45.3 Å². The second kappa shape index (κ2) is 6.76. The molecule has 2 aromatic heterocycles. The van der Waals surface area contributed by atoms with E-state index < -0.39 is 0 Å². The molecule has 4 aromatic rings. The average Bonchev–Trinajstić information content (AvgIpc) is 2.98. The van der Waals surface area contributed by atoms with Gasteiger partial charge in [0.15, 0.2) is 5.82 Å². The van der Waals surface area contributed by atoms with E-state index >= 15 is 0 Å². The van der Waals surface area contributed by atoms with Gasteiger partial charge in [0.1, 0.15) is 24.2 Å². The Bertz CT molecular complexity index is 1170. The molecule has 132 valence electrons. The second-order valence-corrected chi connectivity index (χ2v) is 7.16. The summed E-state index contributed by atoms with van der Waals surface area (Å²) in [5.74, 6) is 0.617. The minimum atomic E-state index is -0.261. The highest BCUT2D eigenvalue weighted by Crippen LogP contribution is 2.24. The molecule has 0 fully saturated rings. The van der Waals surface area contributed by atoms with Gasteiger partial charge in [-0.25, -0.2) is 4.98 Å². The molecule has 0 bridgehead atoms. The monoisotopic (exact) mass is 388 g/mol. The van der Waals surface area contributed by atoms with E-state index in [0.29, 0.717) is 33.5 Å². The van der Waals surface area contributed by atoms with E-state index in [1.54, 1.807) is 6.07 Å². The maximum Gasteiger partial charge on any atom is 0.294 e. The number of halogens is 2. The third kappa shape index (κ3) is 3.21. The highest BCUT2D eigenvalue weighted by Gasteiger charge is 2.15. The summed E-state index contributed by atoms with van der Waals surface area (Å²) in [6.45, 7) is 1.29. The molecular weight excluding hydrogens is 373 g/mol. The molecule has 1 atom stereocenters. The normalized spacial score (nSPS) is 12.7. The van der Waals surface area contributed by atoms with Gasteiger partial charge < -0.3 is 14.3 Å². The molecule has 2 heterocycles. The van der Waals surface area contributed by atoms with Crippen LogP contribution in [0, 0.1) is 0 Å². The lowest BCUT2D eigenvalue weighted by atomic mass is 10.2. The van der Waals surface area contributed by atoms with Crippen molar-refractivity contribution < 1.29 is 9.32 Å². The number of hydrogen-bond donors (Lipinski definition) is 2. The predicted molar refractivity (Wildman–Crippen MR) is 103 cm³/mol. The van der Waals surface area contributed by atoms with E-state index in [4.69, 9.17) is 27.6 Å². The first kappa shape index (κ1) is 17.1. The number of rotatable bonds is 4. The van der Waals surface area contributed by atoms with Gasteiger partial charge in [-0.05, 0) is 24.3 Å². The summed E-state index contributed by atoms with van der Waals surface area (Å²) in [7, 11) is 2.03. The first-order valence-corrected chi connectivity index (χ1v) is 8.92. The largest absolute Gasteiger partial charge is 0.449 e. The van der Waals surface area contributed by atoms with Crippen LogP contribution in [0.3, 0.4) is 0 Å². The van der Waals surface area contributed by atoms with Crippen LogP contribution in [-0.2, 0) is 13.1 Å². The number of furan rings is 1. The zero-order chi connectivity index (χ0) is 18.3. The zero-order valence-corrected chi connectivity index (χ0v) is 15.5. The van der Waals surface area contributed by atoms with E-state index in [-0.39, 0.29) is 11.1 Å². The molecule has 0 saturated heterocycles. The standard InChI is InChI=1S/C19H15Cl2N3O2/c1-24(9-11-6-7-13(20)14(21)8-11)10-16-22-17-12-4-2-3-5-15(12)26-18(17)19(25)23-16/h2-8H,9-10H2,1H3,(H,22,23,25)/p+1. The van der Waals surface area contributed by atoms with Gasteiger partial charge in [0, 0.05) is 10.9 Å². The first-order chi connectivity index (χ1) is 12.5. The molecule has 7 heteroatoms. The second-order valence-electron chi connectivity index (χ2n) is 6.35. The summed E-state index contributed by atoms with van der Waals surface area (Å²) in [6.07, 6.45) is 0.